The van der Waals surface area contributed by atoms with Crippen LogP contribution in [0.15, 0.2) is 29.2 Å². The summed E-state index contributed by atoms with van der Waals surface area (Å²) in [6.45, 7) is 0. The first-order valence-electron chi connectivity index (χ1n) is 4.61. The third kappa shape index (κ3) is 0.513. The molecule has 0 saturated heterocycles. The van der Waals surface area contributed by atoms with Gasteiger partial charge in [0.15, 0.2) is 0 Å². The van der Waals surface area contributed by atoms with Crippen molar-refractivity contribution in [1.29, 1.82) is 0 Å². The van der Waals surface area contributed by atoms with Gasteiger partial charge < -0.3 is 4.79 Å². The van der Waals surface area contributed by atoms with E-state index in [0.29, 0.717) is 17.1 Å². The van der Waals surface area contributed by atoms with Crippen LogP contribution in [0.25, 0.3) is 0 Å². The van der Waals surface area contributed by atoms with Crippen molar-refractivity contribution in [2.45, 2.75) is 16.1 Å². The maximum atomic E-state index is 10.9. The SMILES string of the molecule is O=CC12C3Sc4ccccc4C1C32. The number of carbonyl (C=O) groups is 1. The van der Waals surface area contributed by atoms with Gasteiger partial charge in [-0.2, -0.15) is 0 Å². The molecule has 1 aliphatic heterocycles. The number of hydrogen-bond donors (Lipinski definition) is 0. The number of fused-ring (bicyclic) bond motifs is 4. The molecule has 13 heavy (non-hydrogen) atoms. The molecule has 2 heteroatoms. The topological polar surface area (TPSA) is 17.1 Å². The van der Waals surface area contributed by atoms with E-state index >= 15 is 0 Å². The van der Waals surface area contributed by atoms with Gasteiger partial charge >= 0.3 is 0 Å². The fourth-order valence-electron chi connectivity index (χ4n) is 2.95. The monoisotopic (exact) mass is 188 g/mol. The van der Waals surface area contributed by atoms with Gasteiger partial charge in [0, 0.05) is 16.1 Å². The molecule has 4 rings (SSSR count). The van der Waals surface area contributed by atoms with Crippen LogP contribution in [0.1, 0.15) is 11.5 Å². The molecular formula is C11H8OS. The standard InChI is InChI=1S/C11H8OS/c12-5-11-8-6-3-1-2-4-7(6)13-10(11)9(8)11/h1-5,8-10H. The third-order valence-corrected chi connectivity index (χ3v) is 5.37. The first-order chi connectivity index (χ1) is 6.39. The van der Waals surface area contributed by atoms with E-state index in [1.165, 1.54) is 16.7 Å². The number of rotatable bonds is 1. The molecule has 0 bridgehead atoms. The van der Waals surface area contributed by atoms with E-state index in [4.69, 9.17) is 0 Å². The Bertz CT molecular complexity index is 422. The Morgan fingerprint density at radius 3 is 3.00 bits per heavy atom. The minimum absolute atomic E-state index is 0.0963. The molecule has 0 spiro atoms. The number of benzene rings is 1. The summed E-state index contributed by atoms with van der Waals surface area (Å²) < 4.78 is 0. The van der Waals surface area contributed by atoms with Crippen LogP contribution in [-0.2, 0) is 4.79 Å². The van der Waals surface area contributed by atoms with Crippen LogP contribution in [-0.4, -0.2) is 11.5 Å². The van der Waals surface area contributed by atoms with Crippen molar-refractivity contribution in [3.05, 3.63) is 29.8 Å². The van der Waals surface area contributed by atoms with E-state index in [1.807, 2.05) is 11.8 Å². The van der Waals surface area contributed by atoms with Crippen molar-refractivity contribution in [2.75, 3.05) is 0 Å². The molecule has 0 aromatic heterocycles. The summed E-state index contributed by atoms with van der Waals surface area (Å²) in [4.78, 5) is 12.3. The molecule has 1 heterocycles. The highest BCUT2D eigenvalue weighted by Gasteiger charge is 2.89. The van der Waals surface area contributed by atoms with E-state index in [1.54, 1.807) is 0 Å². The lowest BCUT2D eigenvalue weighted by Gasteiger charge is -2.24. The summed E-state index contributed by atoms with van der Waals surface area (Å²) in [5.41, 5.74) is 1.52. The Balaban J connectivity index is 1.91. The normalized spacial score (nSPS) is 47.5. The Morgan fingerprint density at radius 2 is 2.23 bits per heavy atom. The number of hydrogen-bond acceptors (Lipinski definition) is 2. The zero-order valence-corrected chi connectivity index (χ0v) is 7.75. The highest BCUT2D eigenvalue weighted by atomic mass is 32.2. The predicted molar refractivity (Wildman–Crippen MR) is 50.8 cm³/mol. The van der Waals surface area contributed by atoms with Gasteiger partial charge in [-0.05, 0) is 17.5 Å². The van der Waals surface area contributed by atoms with Gasteiger partial charge in [-0.25, -0.2) is 0 Å². The van der Waals surface area contributed by atoms with E-state index in [-0.39, 0.29) is 5.41 Å². The minimum atomic E-state index is 0.0963. The molecule has 1 aromatic carbocycles. The summed E-state index contributed by atoms with van der Waals surface area (Å²) >= 11 is 1.91. The molecule has 2 fully saturated rings. The zero-order valence-electron chi connectivity index (χ0n) is 6.94. The fourth-order valence-corrected chi connectivity index (χ4v) is 4.73. The van der Waals surface area contributed by atoms with Crippen LogP contribution in [0.3, 0.4) is 0 Å². The van der Waals surface area contributed by atoms with Crippen LogP contribution in [0.2, 0.25) is 0 Å². The number of aldehydes is 1. The average Bonchev–Trinajstić information content (AvgIpc) is 3.05. The summed E-state index contributed by atoms with van der Waals surface area (Å²) in [5.74, 6) is 1.29. The van der Waals surface area contributed by atoms with Crippen LogP contribution in [0.5, 0.6) is 0 Å². The van der Waals surface area contributed by atoms with Crippen LogP contribution >= 0.6 is 11.8 Å². The molecule has 4 atom stereocenters. The molecule has 2 saturated carbocycles. The Hall–Kier alpha value is -0.760. The second-order valence-corrected chi connectivity index (χ2v) is 5.38. The lowest BCUT2D eigenvalue weighted by molar-refractivity contribution is -0.110. The first kappa shape index (κ1) is 6.66. The second-order valence-electron chi connectivity index (χ2n) is 4.20. The molecule has 2 aliphatic carbocycles. The van der Waals surface area contributed by atoms with Crippen molar-refractivity contribution < 1.29 is 4.79 Å². The molecular weight excluding hydrogens is 180 g/mol. The molecule has 4 unspecified atom stereocenters. The molecule has 1 aromatic rings. The first-order valence-corrected chi connectivity index (χ1v) is 5.49. The molecule has 0 radical (unpaired) electrons. The maximum absolute atomic E-state index is 10.9. The van der Waals surface area contributed by atoms with Gasteiger partial charge in [-0.3, -0.25) is 0 Å². The summed E-state index contributed by atoms with van der Waals surface area (Å²) in [7, 11) is 0. The van der Waals surface area contributed by atoms with Crippen molar-refractivity contribution >= 4 is 18.0 Å². The molecule has 0 N–H and O–H groups in total. The van der Waals surface area contributed by atoms with Gasteiger partial charge in [-0.1, -0.05) is 18.2 Å². The highest BCUT2D eigenvalue weighted by Crippen LogP contribution is 2.90. The number of thioether (sulfide) groups is 1. The van der Waals surface area contributed by atoms with Crippen molar-refractivity contribution in [3.63, 3.8) is 0 Å². The maximum Gasteiger partial charge on any atom is 0.128 e. The van der Waals surface area contributed by atoms with Gasteiger partial charge in [-0.15, -0.1) is 11.8 Å². The van der Waals surface area contributed by atoms with Crippen molar-refractivity contribution in [2.24, 2.45) is 11.3 Å². The highest BCUT2D eigenvalue weighted by molar-refractivity contribution is 8.00. The predicted octanol–water partition coefficient (Wildman–Crippen LogP) is 2.07. The van der Waals surface area contributed by atoms with E-state index < -0.39 is 0 Å². The Kier molecular flexibility index (Phi) is 0.877. The van der Waals surface area contributed by atoms with Gasteiger partial charge in [0.2, 0.25) is 0 Å². The fraction of sp³-hybridized carbons (Fsp3) is 0.364. The van der Waals surface area contributed by atoms with Crippen molar-refractivity contribution in [3.8, 4) is 0 Å². The summed E-state index contributed by atoms with van der Waals surface area (Å²) in [6, 6.07) is 8.52. The second kappa shape index (κ2) is 1.71. The Morgan fingerprint density at radius 1 is 1.38 bits per heavy atom. The van der Waals surface area contributed by atoms with Gasteiger partial charge in [0.25, 0.3) is 0 Å². The minimum Gasteiger partial charge on any atom is -0.303 e. The van der Waals surface area contributed by atoms with Crippen LogP contribution < -0.4 is 0 Å². The quantitative estimate of drug-likeness (QED) is 0.628. The van der Waals surface area contributed by atoms with Gasteiger partial charge in [0.05, 0.1) is 5.41 Å². The summed E-state index contributed by atoms with van der Waals surface area (Å²) in [5, 5.41) is 0.630. The molecule has 64 valence electrons. The number of carbonyl (C=O) groups excluding carboxylic acids is 1. The molecule has 1 nitrogen and oxygen atoms in total. The summed E-state index contributed by atoms with van der Waals surface area (Å²) in [6.07, 6.45) is 1.20. The Labute approximate surface area is 80.5 Å². The zero-order chi connectivity index (χ0) is 8.63. The lowest BCUT2D eigenvalue weighted by atomic mass is 9.97. The third-order valence-electron chi connectivity index (χ3n) is 3.79. The van der Waals surface area contributed by atoms with Crippen LogP contribution in [0, 0.1) is 11.3 Å². The van der Waals surface area contributed by atoms with E-state index in [2.05, 4.69) is 24.3 Å². The largest absolute Gasteiger partial charge is 0.303 e. The van der Waals surface area contributed by atoms with Crippen molar-refractivity contribution in [1.82, 2.24) is 0 Å². The molecule has 3 aliphatic rings. The van der Waals surface area contributed by atoms with Gasteiger partial charge in [0.1, 0.15) is 6.29 Å². The van der Waals surface area contributed by atoms with E-state index in [9.17, 15) is 4.79 Å². The lowest BCUT2D eigenvalue weighted by Crippen LogP contribution is -2.16. The van der Waals surface area contributed by atoms with E-state index in [0.717, 1.165) is 0 Å². The van der Waals surface area contributed by atoms with Crippen LogP contribution in [0.4, 0.5) is 0 Å². The smallest absolute Gasteiger partial charge is 0.128 e. The average molecular weight is 188 g/mol. The molecule has 0 amide bonds.